The number of halogens is 2. The summed E-state index contributed by atoms with van der Waals surface area (Å²) in [5, 5.41) is 12.8. The average Bonchev–Trinajstić information content (AvgIpc) is 2.63. The summed E-state index contributed by atoms with van der Waals surface area (Å²) < 4.78 is 19.0. The number of hydrogen-bond acceptors (Lipinski definition) is 5. The third kappa shape index (κ3) is 5.09. The summed E-state index contributed by atoms with van der Waals surface area (Å²) in [5.74, 6) is -0.946. The van der Waals surface area contributed by atoms with Gasteiger partial charge in [0.15, 0.2) is 0 Å². The van der Waals surface area contributed by atoms with E-state index in [9.17, 15) is 14.3 Å². The van der Waals surface area contributed by atoms with Gasteiger partial charge in [0.25, 0.3) is 5.91 Å². The Morgan fingerprint density at radius 3 is 3.00 bits per heavy atom. The van der Waals surface area contributed by atoms with Crippen molar-refractivity contribution in [1.82, 2.24) is 10.2 Å². The van der Waals surface area contributed by atoms with E-state index in [1.165, 1.54) is 24.3 Å². The Kier molecular flexibility index (Phi) is 6.15. The van der Waals surface area contributed by atoms with Crippen LogP contribution in [0, 0.1) is 5.82 Å². The van der Waals surface area contributed by atoms with E-state index in [4.69, 9.17) is 22.1 Å². The van der Waals surface area contributed by atoms with Gasteiger partial charge in [-0.2, -0.15) is 0 Å². The van der Waals surface area contributed by atoms with Gasteiger partial charge in [-0.1, -0.05) is 23.7 Å². The summed E-state index contributed by atoms with van der Waals surface area (Å²) >= 11 is 5.91. The standard InChI is InChI=1S/C19H21ClFN3O3/c20-16-7-15(18(25)8-17(16)22)19(26)23-9-14-11-24(4-5-27-14)10-12-2-1-3-13(21)6-12/h1-3,6-8,14,25H,4-5,9-11,22H2,(H,23,26). The number of nitrogens with two attached hydrogens (primary N) is 1. The lowest BCUT2D eigenvalue weighted by Gasteiger charge is -2.33. The van der Waals surface area contributed by atoms with Crippen molar-refractivity contribution in [2.45, 2.75) is 12.6 Å². The van der Waals surface area contributed by atoms with E-state index in [0.29, 0.717) is 19.7 Å². The first-order valence-electron chi connectivity index (χ1n) is 8.57. The molecule has 1 fully saturated rings. The number of anilines is 1. The molecule has 8 heteroatoms. The predicted octanol–water partition coefficient (Wildman–Crippen LogP) is 2.40. The number of phenols is 1. The first-order valence-corrected chi connectivity index (χ1v) is 8.95. The van der Waals surface area contributed by atoms with Crippen molar-refractivity contribution in [3.05, 3.63) is 58.4 Å². The molecule has 0 radical (unpaired) electrons. The molecule has 1 unspecified atom stereocenters. The number of carbonyl (C=O) groups is 1. The highest BCUT2D eigenvalue weighted by atomic mass is 35.5. The van der Waals surface area contributed by atoms with Crippen LogP contribution in [-0.2, 0) is 11.3 Å². The molecule has 1 aliphatic heterocycles. The second-order valence-electron chi connectivity index (χ2n) is 6.46. The van der Waals surface area contributed by atoms with Crippen LogP contribution in [0.1, 0.15) is 15.9 Å². The van der Waals surface area contributed by atoms with Crippen LogP contribution < -0.4 is 11.1 Å². The molecule has 1 heterocycles. The number of hydrogen-bond donors (Lipinski definition) is 3. The summed E-state index contributed by atoms with van der Waals surface area (Å²) in [6.45, 7) is 2.75. The Balaban J connectivity index is 1.55. The maximum atomic E-state index is 13.3. The highest BCUT2D eigenvalue weighted by molar-refractivity contribution is 6.33. The molecule has 144 valence electrons. The smallest absolute Gasteiger partial charge is 0.255 e. The first kappa shape index (κ1) is 19.4. The Labute approximate surface area is 161 Å². The van der Waals surface area contributed by atoms with Gasteiger partial charge in [-0.25, -0.2) is 4.39 Å². The molecule has 3 rings (SSSR count). The van der Waals surface area contributed by atoms with Gasteiger partial charge >= 0.3 is 0 Å². The van der Waals surface area contributed by atoms with Crippen molar-refractivity contribution >= 4 is 23.2 Å². The number of ether oxygens (including phenoxy) is 1. The second-order valence-corrected chi connectivity index (χ2v) is 6.87. The Morgan fingerprint density at radius 1 is 1.41 bits per heavy atom. The maximum absolute atomic E-state index is 13.3. The monoisotopic (exact) mass is 393 g/mol. The lowest BCUT2D eigenvalue weighted by molar-refractivity contribution is -0.0293. The third-order valence-electron chi connectivity index (χ3n) is 4.37. The fourth-order valence-corrected chi connectivity index (χ4v) is 3.17. The van der Waals surface area contributed by atoms with E-state index < -0.39 is 5.91 Å². The van der Waals surface area contributed by atoms with Crippen LogP contribution in [0.25, 0.3) is 0 Å². The molecule has 27 heavy (non-hydrogen) atoms. The summed E-state index contributed by atoms with van der Waals surface area (Å²) in [6.07, 6.45) is -0.206. The van der Waals surface area contributed by atoms with Crippen LogP contribution in [0.5, 0.6) is 5.75 Å². The normalized spacial score (nSPS) is 17.6. The summed E-state index contributed by atoms with van der Waals surface area (Å²) in [6, 6.07) is 9.07. The van der Waals surface area contributed by atoms with E-state index in [1.807, 2.05) is 6.07 Å². The molecule has 2 aromatic rings. The minimum atomic E-state index is -0.458. The van der Waals surface area contributed by atoms with Gasteiger partial charge in [0, 0.05) is 32.2 Å². The molecule has 1 amide bonds. The van der Waals surface area contributed by atoms with E-state index in [2.05, 4.69) is 10.2 Å². The second kappa shape index (κ2) is 8.56. The molecule has 0 saturated carbocycles. The Bertz CT molecular complexity index is 834. The number of morpholine rings is 1. The summed E-state index contributed by atoms with van der Waals surface area (Å²) in [4.78, 5) is 14.4. The van der Waals surface area contributed by atoms with Gasteiger partial charge in [-0.3, -0.25) is 9.69 Å². The van der Waals surface area contributed by atoms with Crippen molar-refractivity contribution in [3.8, 4) is 5.75 Å². The fourth-order valence-electron chi connectivity index (χ4n) is 3.00. The molecular formula is C19H21ClFN3O3. The van der Waals surface area contributed by atoms with E-state index in [1.54, 1.807) is 6.07 Å². The highest BCUT2D eigenvalue weighted by Gasteiger charge is 2.22. The Morgan fingerprint density at radius 2 is 2.22 bits per heavy atom. The van der Waals surface area contributed by atoms with Crippen LogP contribution in [0.3, 0.4) is 0 Å². The number of carbonyl (C=O) groups excluding carboxylic acids is 1. The van der Waals surface area contributed by atoms with E-state index in [0.717, 1.165) is 12.1 Å². The van der Waals surface area contributed by atoms with Crippen LogP contribution in [0.2, 0.25) is 5.02 Å². The molecule has 4 N–H and O–H groups in total. The van der Waals surface area contributed by atoms with Gasteiger partial charge in [-0.05, 0) is 23.8 Å². The van der Waals surface area contributed by atoms with Gasteiger partial charge in [-0.15, -0.1) is 0 Å². The topological polar surface area (TPSA) is 87.8 Å². The minimum absolute atomic E-state index is 0.0571. The molecule has 0 bridgehead atoms. The van der Waals surface area contributed by atoms with Crippen molar-refractivity contribution in [2.75, 3.05) is 32.0 Å². The van der Waals surface area contributed by atoms with Gasteiger partial charge in [0.05, 0.1) is 29.0 Å². The van der Waals surface area contributed by atoms with Gasteiger partial charge in [0.2, 0.25) is 0 Å². The number of benzene rings is 2. The number of amides is 1. The lowest BCUT2D eigenvalue weighted by atomic mass is 10.1. The SMILES string of the molecule is Nc1cc(O)c(C(=O)NCC2CN(Cc3cccc(F)c3)CCO2)cc1Cl. The van der Waals surface area contributed by atoms with Crippen LogP contribution in [-0.4, -0.2) is 48.3 Å². The summed E-state index contributed by atoms with van der Waals surface area (Å²) in [5.41, 5.74) is 6.75. The predicted molar refractivity (Wildman–Crippen MR) is 101 cm³/mol. The van der Waals surface area contributed by atoms with Gasteiger partial charge < -0.3 is 20.9 Å². The molecule has 1 saturated heterocycles. The fraction of sp³-hybridized carbons (Fsp3) is 0.316. The number of nitrogens with zero attached hydrogens (tertiary/aromatic N) is 1. The number of nitrogen functional groups attached to an aromatic ring is 1. The molecule has 0 spiro atoms. The van der Waals surface area contributed by atoms with Crippen molar-refractivity contribution < 1.29 is 19.0 Å². The van der Waals surface area contributed by atoms with Crippen molar-refractivity contribution in [1.29, 1.82) is 0 Å². The quantitative estimate of drug-likeness (QED) is 0.679. The zero-order valence-corrected chi connectivity index (χ0v) is 15.4. The molecule has 6 nitrogen and oxygen atoms in total. The molecule has 0 aliphatic carbocycles. The lowest BCUT2D eigenvalue weighted by Crippen LogP contribution is -2.47. The van der Waals surface area contributed by atoms with E-state index in [-0.39, 0.29) is 40.5 Å². The summed E-state index contributed by atoms with van der Waals surface area (Å²) in [7, 11) is 0. The van der Waals surface area contributed by atoms with E-state index >= 15 is 0 Å². The maximum Gasteiger partial charge on any atom is 0.255 e. The third-order valence-corrected chi connectivity index (χ3v) is 4.70. The zero-order chi connectivity index (χ0) is 19.4. The molecule has 1 atom stereocenters. The molecular weight excluding hydrogens is 373 g/mol. The van der Waals surface area contributed by atoms with Crippen molar-refractivity contribution in [2.24, 2.45) is 0 Å². The number of phenolic OH excluding ortho intramolecular Hbond substituents is 1. The van der Waals surface area contributed by atoms with Crippen LogP contribution in [0.15, 0.2) is 36.4 Å². The van der Waals surface area contributed by atoms with Crippen molar-refractivity contribution in [3.63, 3.8) is 0 Å². The largest absolute Gasteiger partial charge is 0.507 e. The van der Waals surface area contributed by atoms with Crippen LogP contribution >= 0.6 is 11.6 Å². The van der Waals surface area contributed by atoms with Gasteiger partial charge in [0.1, 0.15) is 11.6 Å². The highest BCUT2D eigenvalue weighted by Crippen LogP contribution is 2.27. The molecule has 0 aromatic heterocycles. The first-order chi connectivity index (χ1) is 12.9. The number of rotatable bonds is 5. The molecule has 1 aliphatic rings. The van der Waals surface area contributed by atoms with Crippen LogP contribution in [0.4, 0.5) is 10.1 Å². The number of aromatic hydroxyl groups is 1. The number of nitrogens with one attached hydrogen (secondary N) is 1. The average molecular weight is 394 g/mol. The minimum Gasteiger partial charge on any atom is -0.507 e. The molecule has 2 aromatic carbocycles. The zero-order valence-electron chi connectivity index (χ0n) is 14.6. The Hall–Kier alpha value is -2.35.